The standard InChI is InChI=1S/C13H22N2O3/c16-12(17)7-8-14-13(18)15-9-3-5-10-4-1-2-6-11(10)15/h10-11H,1-9H2,(H,14,18)(H,16,17). The quantitative estimate of drug-likeness (QED) is 0.807. The highest BCUT2D eigenvalue weighted by Crippen LogP contribution is 2.35. The van der Waals surface area contributed by atoms with Gasteiger partial charge in [0.25, 0.3) is 0 Å². The Morgan fingerprint density at radius 2 is 1.89 bits per heavy atom. The molecule has 2 fully saturated rings. The fourth-order valence-corrected chi connectivity index (χ4v) is 3.25. The normalized spacial score (nSPS) is 27.4. The number of carbonyl (C=O) groups is 2. The first-order valence-electron chi connectivity index (χ1n) is 6.95. The van der Waals surface area contributed by atoms with Gasteiger partial charge in [-0.3, -0.25) is 4.79 Å². The van der Waals surface area contributed by atoms with Crippen molar-refractivity contribution < 1.29 is 14.7 Å². The number of amides is 2. The lowest BCUT2D eigenvalue weighted by Gasteiger charge is -2.44. The number of hydrogen-bond donors (Lipinski definition) is 2. The third-order valence-corrected chi connectivity index (χ3v) is 4.12. The second kappa shape index (κ2) is 6.07. The summed E-state index contributed by atoms with van der Waals surface area (Å²) < 4.78 is 0. The van der Waals surface area contributed by atoms with Crippen molar-refractivity contribution in [3.05, 3.63) is 0 Å². The van der Waals surface area contributed by atoms with Crippen LogP contribution in [-0.4, -0.2) is 41.1 Å². The van der Waals surface area contributed by atoms with Crippen LogP contribution in [0.15, 0.2) is 0 Å². The first-order valence-corrected chi connectivity index (χ1v) is 6.95. The molecule has 0 aromatic rings. The first-order chi connectivity index (χ1) is 8.68. The molecule has 2 atom stereocenters. The number of aliphatic carboxylic acids is 1. The van der Waals surface area contributed by atoms with Gasteiger partial charge in [0.15, 0.2) is 0 Å². The van der Waals surface area contributed by atoms with Crippen molar-refractivity contribution in [3.63, 3.8) is 0 Å². The van der Waals surface area contributed by atoms with Gasteiger partial charge in [0.2, 0.25) is 0 Å². The van der Waals surface area contributed by atoms with Crippen LogP contribution in [0, 0.1) is 5.92 Å². The van der Waals surface area contributed by atoms with Gasteiger partial charge in [-0.15, -0.1) is 0 Å². The van der Waals surface area contributed by atoms with Crippen LogP contribution in [0.3, 0.4) is 0 Å². The number of fused-ring (bicyclic) bond motifs is 1. The molecule has 1 saturated carbocycles. The number of nitrogens with zero attached hydrogens (tertiary/aromatic N) is 1. The van der Waals surface area contributed by atoms with E-state index >= 15 is 0 Å². The molecular formula is C13H22N2O3. The number of hydrogen-bond acceptors (Lipinski definition) is 2. The second-order valence-corrected chi connectivity index (χ2v) is 5.32. The largest absolute Gasteiger partial charge is 0.481 e. The maximum absolute atomic E-state index is 12.1. The maximum atomic E-state index is 12.1. The molecule has 0 spiro atoms. The van der Waals surface area contributed by atoms with Crippen LogP contribution in [0.1, 0.15) is 44.9 Å². The van der Waals surface area contributed by atoms with E-state index in [2.05, 4.69) is 5.32 Å². The van der Waals surface area contributed by atoms with E-state index in [9.17, 15) is 9.59 Å². The van der Waals surface area contributed by atoms with Gasteiger partial charge in [0.05, 0.1) is 6.42 Å². The zero-order valence-corrected chi connectivity index (χ0v) is 10.7. The van der Waals surface area contributed by atoms with E-state index < -0.39 is 5.97 Å². The Hall–Kier alpha value is -1.26. The zero-order valence-electron chi connectivity index (χ0n) is 10.7. The summed E-state index contributed by atoms with van der Waals surface area (Å²) in [6.07, 6.45) is 7.15. The number of carbonyl (C=O) groups excluding carboxylic acids is 1. The Labute approximate surface area is 108 Å². The molecule has 1 aliphatic carbocycles. The predicted molar refractivity (Wildman–Crippen MR) is 67.3 cm³/mol. The van der Waals surface area contributed by atoms with E-state index in [4.69, 9.17) is 5.11 Å². The molecule has 0 radical (unpaired) electrons. The predicted octanol–water partition coefficient (Wildman–Crippen LogP) is 1.83. The lowest BCUT2D eigenvalue weighted by atomic mass is 9.78. The van der Waals surface area contributed by atoms with Crippen LogP contribution < -0.4 is 5.32 Å². The topological polar surface area (TPSA) is 69.6 Å². The highest BCUT2D eigenvalue weighted by molar-refractivity contribution is 5.75. The van der Waals surface area contributed by atoms with Gasteiger partial charge in [-0.2, -0.15) is 0 Å². The van der Waals surface area contributed by atoms with Crippen LogP contribution in [0.5, 0.6) is 0 Å². The fraction of sp³-hybridized carbons (Fsp3) is 0.846. The van der Waals surface area contributed by atoms with Gasteiger partial charge in [-0.05, 0) is 31.6 Å². The van der Waals surface area contributed by atoms with Gasteiger partial charge >= 0.3 is 12.0 Å². The van der Waals surface area contributed by atoms with Crippen molar-refractivity contribution >= 4 is 12.0 Å². The Balaban J connectivity index is 1.85. The molecule has 102 valence electrons. The third-order valence-electron chi connectivity index (χ3n) is 4.12. The molecule has 1 saturated heterocycles. The molecule has 2 aliphatic rings. The summed E-state index contributed by atoms with van der Waals surface area (Å²) in [5, 5.41) is 11.3. The Kier molecular flexibility index (Phi) is 4.44. The summed E-state index contributed by atoms with van der Waals surface area (Å²) >= 11 is 0. The summed E-state index contributed by atoms with van der Waals surface area (Å²) in [4.78, 5) is 24.4. The van der Waals surface area contributed by atoms with Crippen LogP contribution in [0.2, 0.25) is 0 Å². The second-order valence-electron chi connectivity index (χ2n) is 5.32. The van der Waals surface area contributed by atoms with E-state index in [0.29, 0.717) is 12.0 Å². The summed E-state index contributed by atoms with van der Waals surface area (Å²) in [5.41, 5.74) is 0. The maximum Gasteiger partial charge on any atom is 0.317 e. The van der Waals surface area contributed by atoms with Crippen molar-refractivity contribution in [1.82, 2.24) is 10.2 Å². The lowest BCUT2D eigenvalue weighted by Crippen LogP contribution is -2.53. The molecular weight excluding hydrogens is 232 g/mol. The van der Waals surface area contributed by atoms with Crippen molar-refractivity contribution in [2.45, 2.75) is 51.0 Å². The Bertz CT molecular complexity index is 317. The highest BCUT2D eigenvalue weighted by atomic mass is 16.4. The molecule has 1 aliphatic heterocycles. The van der Waals surface area contributed by atoms with Crippen LogP contribution in [-0.2, 0) is 4.79 Å². The Morgan fingerprint density at radius 1 is 1.17 bits per heavy atom. The summed E-state index contributed by atoms with van der Waals surface area (Å²) in [6.45, 7) is 1.04. The number of likely N-dealkylation sites (tertiary alicyclic amines) is 1. The van der Waals surface area contributed by atoms with E-state index in [-0.39, 0.29) is 19.0 Å². The number of rotatable bonds is 3. The van der Waals surface area contributed by atoms with Crippen molar-refractivity contribution in [1.29, 1.82) is 0 Å². The molecule has 0 aromatic carbocycles. The zero-order chi connectivity index (χ0) is 13.0. The summed E-state index contributed by atoms with van der Waals surface area (Å²) in [5.74, 6) is -0.206. The number of carboxylic acids is 1. The van der Waals surface area contributed by atoms with Crippen LogP contribution in [0.25, 0.3) is 0 Å². The minimum absolute atomic E-state index is 0.00627. The monoisotopic (exact) mass is 254 g/mol. The van der Waals surface area contributed by atoms with Crippen molar-refractivity contribution in [2.24, 2.45) is 5.92 Å². The molecule has 0 bridgehead atoms. The molecule has 2 rings (SSSR count). The van der Waals surface area contributed by atoms with Gasteiger partial charge in [0, 0.05) is 19.1 Å². The van der Waals surface area contributed by atoms with E-state index in [1.54, 1.807) is 0 Å². The average molecular weight is 254 g/mol. The van der Waals surface area contributed by atoms with Crippen molar-refractivity contribution in [3.8, 4) is 0 Å². The molecule has 5 nitrogen and oxygen atoms in total. The van der Waals surface area contributed by atoms with Crippen LogP contribution >= 0.6 is 0 Å². The number of urea groups is 1. The lowest BCUT2D eigenvalue weighted by molar-refractivity contribution is -0.136. The van der Waals surface area contributed by atoms with Crippen LogP contribution in [0.4, 0.5) is 4.79 Å². The van der Waals surface area contributed by atoms with Gasteiger partial charge in [-0.25, -0.2) is 4.79 Å². The molecule has 2 unspecified atom stereocenters. The molecule has 2 amide bonds. The SMILES string of the molecule is O=C(O)CCNC(=O)N1CCCC2CCCCC21. The van der Waals surface area contributed by atoms with E-state index in [1.165, 1.54) is 25.7 Å². The van der Waals surface area contributed by atoms with Gasteiger partial charge < -0.3 is 15.3 Å². The molecule has 2 N–H and O–H groups in total. The summed E-state index contributed by atoms with van der Waals surface area (Å²) in [7, 11) is 0. The minimum atomic E-state index is -0.871. The average Bonchev–Trinajstić information content (AvgIpc) is 2.37. The third kappa shape index (κ3) is 3.15. The summed E-state index contributed by atoms with van der Waals surface area (Å²) in [6, 6.07) is 0.310. The molecule has 5 heteroatoms. The Morgan fingerprint density at radius 3 is 2.67 bits per heavy atom. The van der Waals surface area contributed by atoms with Gasteiger partial charge in [0.1, 0.15) is 0 Å². The smallest absolute Gasteiger partial charge is 0.317 e. The fourth-order valence-electron chi connectivity index (χ4n) is 3.25. The number of piperidine rings is 1. The van der Waals surface area contributed by atoms with Crippen molar-refractivity contribution in [2.75, 3.05) is 13.1 Å². The van der Waals surface area contributed by atoms with Gasteiger partial charge in [-0.1, -0.05) is 12.8 Å². The molecule has 0 aromatic heterocycles. The first kappa shape index (κ1) is 13.2. The van der Waals surface area contributed by atoms with E-state index in [1.807, 2.05) is 4.90 Å². The number of carboxylic acid groups (broad SMARTS) is 1. The molecule has 18 heavy (non-hydrogen) atoms. The minimum Gasteiger partial charge on any atom is -0.481 e. The molecule has 1 heterocycles. The highest BCUT2D eigenvalue weighted by Gasteiger charge is 2.35. The van der Waals surface area contributed by atoms with E-state index in [0.717, 1.165) is 19.4 Å². The number of nitrogens with one attached hydrogen (secondary N) is 1.